The van der Waals surface area contributed by atoms with Crippen LogP contribution in [0.4, 0.5) is 0 Å². The number of nitrogens with one attached hydrogen (secondary N) is 1. The molecule has 0 bridgehead atoms. The maximum absolute atomic E-state index is 5.65. The molecule has 1 atom stereocenters. The van der Waals surface area contributed by atoms with Gasteiger partial charge in [0.25, 0.3) is 0 Å². The van der Waals surface area contributed by atoms with Crippen molar-refractivity contribution in [2.75, 3.05) is 7.05 Å². The van der Waals surface area contributed by atoms with Gasteiger partial charge < -0.3 is 9.73 Å². The highest BCUT2D eigenvalue weighted by atomic mass is 16.3. The third kappa shape index (κ3) is 3.12. The molecule has 2 rings (SSSR count). The molecule has 1 aliphatic rings. The second-order valence-corrected chi connectivity index (χ2v) is 5.45. The van der Waals surface area contributed by atoms with Gasteiger partial charge in [0.1, 0.15) is 11.5 Å². The standard InChI is InChI=1S/C15H25NO/c1-11-9-14(12(2)17-11)15(16-3)10-13-7-5-4-6-8-13/h9,13,15-16H,4-8,10H2,1-3H3. The summed E-state index contributed by atoms with van der Waals surface area (Å²) in [5.74, 6) is 3.01. The molecule has 0 spiro atoms. The van der Waals surface area contributed by atoms with Crippen LogP contribution in [0.1, 0.15) is 61.7 Å². The van der Waals surface area contributed by atoms with Crippen LogP contribution < -0.4 is 5.32 Å². The first-order valence-electron chi connectivity index (χ1n) is 6.95. The van der Waals surface area contributed by atoms with Crippen LogP contribution in [0.15, 0.2) is 10.5 Å². The van der Waals surface area contributed by atoms with E-state index < -0.39 is 0 Å². The van der Waals surface area contributed by atoms with Gasteiger partial charge in [0, 0.05) is 11.6 Å². The Morgan fingerprint density at radius 2 is 2.00 bits per heavy atom. The van der Waals surface area contributed by atoms with E-state index in [4.69, 9.17) is 4.42 Å². The lowest BCUT2D eigenvalue weighted by molar-refractivity contribution is 0.304. The van der Waals surface area contributed by atoms with Crippen LogP contribution in [0.5, 0.6) is 0 Å². The summed E-state index contributed by atoms with van der Waals surface area (Å²) in [6.45, 7) is 4.11. The summed E-state index contributed by atoms with van der Waals surface area (Å²) in [4.78, 5) is 0. The molecule has 17 heavy (non-hydrogen) atoms. The van der Waals surface area contributed by atoms with Crippen molar-refractivity contribution in [2.45, 2.75) is 58.4 Å². The highest BCUT2D eigenvalue weighted by molar-refractivity contribution is 5.24. The lowest BCUT2D eigenvalue weighted by atomic mass is 9.83. The van der Waals surface area contributed by atoms with Crippen molar-refractivity contribution in [1.29, 1.82) is 0 Å². The van der Waals surface area contributed by atoms with Gasteiger partial charge in [-0.25, -0.2) is 0 Å². The number of hydrogen-bond acceptors (Lipinski definition) is 2. The summed E-state index contributed by atoms with van der Waals surface area (Å²) in [5, 5.41) is 3.46. The minimum absolute atomic E-state index is 0.468. The third-order valence-corrected chi connectivity index (χ3v) is 4.10. The predicted molar refractivity (Wildman–Crippen MR) is 71.2 cm³/mol. The monoisotopic (exact) mass is 235 g/mol. The summed E-state index contributed by atoms with van der Waals surface area (Å²) in [5.41, 5.74) is 1.36. The quantitative estimate of drug-likeness (QED) is 0.849. The fourth-order valence-corrected chi connectivity index (χ4v) is 3.15. The van der Waals surface area contributed by atoms with E-state index in [1.54, 1.807) is 0 Å². The minimum Gasteiger partial charge on any atom is -0.466 e. The smallest absolute Gasteiger partial charge is 0.105 e. The summed E-state index contributed by atoms with van der Waals surface area (Å²) in [7, 11) is 2.06. The van der Waals surface area contributed by atoms with Crippen LogP contribution in [0.2, 0.25) is 0 Å². The Morgan fingerprint density at radius 3 is 2.53 bits per heavy atom. The predicted octanol–water partition coefficient (Wildman–Crippen LogP) is 4.13. The van der Waals surface area contributed by atoms with Gasteiger partial charge in [-0.2, -0.15) is 0 Å². The van der Waals surface area contributed by atoms with Crippen LogP contribution in [0.25, 0.3) is 0 Å². The average Bonchev–Trinajstić information content (AvgIpc) is 2.67. The fraction of sp³-hybridized carbons (Fsp3) is 0.733. The van der Waals surface area contributed by atoms with Gasteiger partial charge in [0.05, 0.1) is 0 Å². The van der Waals surface area contributed by atoms with E-state index in [-0.39, 0.29) is 0 Å². The van der Waals surface area contributed by atoms with Crippen LogP contribution >= 0.6 is 0 Å². The van der Waals surface area contributed by atoms with E-state index in [9.17, 15) is 0 Å². The SMILES string of the molecule is CNC(CC1CCCCC1)c1cc(C)oc1C. The minimum atomic E-state index is 0.468. The molecular formula is C15H25NO. The Morgan fingerprint density at radius 1 is 1.29 bits per heavy atom. The number of hydrogen-bond donors (Lipinski definition) is 1. The van der Waals surface area contributed by atoms with Crippen LogP contribution in [0, 0.1) is 19.8 Å². The molecule has 0 aliphatic heterocycles. The van der Waals surface area contributed by atoms with Gasteiger partial charge in [0.15, 0.2) is 0 Å². The van der Waals surface area contributed by atoms with E-state index >= 15 is 0 Å². The molecule has 0 aromatic carbocycles. The van der Waals surface area contributed by atoms with E-state index in [2.05, 4.69) is 25.4 Å². The number of furan rings is 1. The second-order valence-electron chi connectivity index (χ2n) is 5.45. The van der Waals surface area contributed by atoms with Crippen molar-refractivity contribution in [1.82, 2.24) is 5.32 Å². The molecule has 0 saturated heterocycles. The van der Waals surface area contributed by atoms with E-state index in [0.29, 0.717) is 6.04 Å². The number of rotatable bonds is 4. The zero-order chi connectivity index (χ0) is 12.3. The van der Waals surface area contributed by atoms with Crippen molar-refractivity contribution in [2.24, 2.45) is 5.92 Å². The third-order valence-electron chi connectivity index (χ3n) is 4.10. The van der Waals surface area contributed by atoms with Crippen molar-refractivity contribution >= 4 is 0 Å². The fourth-order valence-electron chi connectivity index (χ4n) is 3.15. The molecule has 1 unspecified atom stereocenters. The lowest BCUT2D eigenvalue weighted by Crippen LogP contribution is -2.21. The molecule has 2 nitrogen and oxygen atoms in total. The van der Waals surface area contributed by atoms with E-state index in [1.807, 2.05) is 6.92 Å². The molecule has 0 radical (unpaired) electrons. The van der Waals surface area contributed by atoms with Gasteiger partial charge in [-0.15, -0.1) is 0 Å². The zero-order valence-corrected chi connectivity index (χ0v) is 11.4. The highest BCUT2D eigenvalue weighted by Gasteiger charge is 2.21. The zero-order valence-electron chi connectivity index (χ0n) is 11.4. The molecule has 1 aromatic heterocycles. The average molecular weight is 235 g/mol. The Kier molecular flexibility index (Phi) is 4.27. The summed E-state index contributed by atoms with van der Waals surface area (Å²) in [6, 6.07) is 2.66. The van der Waals surface area contributed by atoms with E-state index in [1.165, 1.54) is 44.1 Å². The first kappa shape index (κ1) is 12.7. The normalized spacial score (nSPS) is 19.5. The Bertz CT molecular complexity index is 350. The van der Waals surface area contributed by atoms with Gasteiger partial charge >= 0.3 is 0 Å². The molecule has 0 amide bonds. The topological polar surface area (TPSA) is 25.2 Å². The van der Waals surface area contributed by atoms with Gasteiger partial charge in [-0.05, 0) is 39.3 Å². The number of aryl methyl sites for hydroxylation is 2. The van der Waals surface area contributed by atoms with Crippen molar-refractivity contribution in [3.05, 3.63) is 23.2 Å². The summed E-state index contributed by atoms with van der Waals surface area (Å²) >= 11 is 0. The summed E-state index contributed by atoms with van der Waals surface area (Å²) in [6.07, 6.45) is 8.36. The van der Waals surface area contributed by atoms with Gasteiger partial charge in [-0.1, -0.05) is 32.1 Å². The molecular weight excluding hydrogens is 210 g/mol. The molecule has 1 aliphatic carbocycles. The van der Waals surface area contributed by atoms with E-state index in [0.717, 1.165) is 17.4 Å². The maximum atomic E-state index is 5.65. The van der Waals surface area contributed by atoms with Crippen molar-refractivity contribution in [3.63, 3.8) is 0 Å². The Balaban J connectivity index is 2.02. The molecule has 1 saturated carbocycles. The van der Waals surface area contributed by atoms with Crippen LogP contribution in [0.3, 0.4) is 0 Å². The molecule has 1 fully saturated rings. The molecule has 1 N–H and O–H groups in total. The van der Waals surface area contributed by atoms with Crippen LogP contribution in [-0.2, 0) is 0 Å². The van der Waals surface area contributed by atoms with Crippen molar-refractivity contribution in [3.8, 4) is 0 Å². The lowest BCUT2D eigenvalue weighted by Gasteiger charge is -2.26. The van der Waals surface area contributed by atoms with Crippen molar-refractivity contribution < 1.29 is 4.42 Å². The summed E-state index contributed by atoms with van der Waals surface area (Å²) < 4.78 is 5.65. The first-order chi connectivity index (χ1) is 8.20. The maximum Gasteiger partial charge on any atom is 0.105 e. The molecule has 96 valence electrons. The first-order valence-corrected chi connectivity index (χ1v) is 6.95. The molecule has 1 aromatic rings. The second kappa shape index (κ2) is 5.72. The Labute approximate surface area is 105 Å². The van der Waals surface area contributed by atoms with Gasteiger partial charge in [0.2, 0.25) is 0 Å². The molecule has 1 heterocycles. The molecule has 2 heteroatoms. The highest BCUT2D eigenvalue weighted by Crippen LogP contribution is 2.33. The Hall–Kier alpha value is -0.760. The largest absolute Gasteiger partial charge is 0.466 e. The van der Waals surface area contributed by atoms with Gasteiger partial charge in [-0.3, -0.25) is 0 Å². The van der Waals surface area contributed by atoms with Crippen LogP contribution in [-0.4, -0.2) is 7.05 Å².